The molecule has 1 amide bonds. The van der Waals surface area contributed by atoms with E-state index in [2.05, 4.69) is 5.32 Å². The highest BCUT2D eigenvalue weighted by molar-refractivity contribution is 5.94. The Bertz CT molecular complexity index is 454. The van der Waals surface area contributed by atoms with Crippen molar-refractivity contribution < 1.29 is 14.7 Å². The Kier molecular flexibility index (Phi) is 2.64. The maximum atomic E-state index is 11.1. The number of benzene rings is 1. The standard InChI is InChI=1S/C12H13NO3/c1-7(12(15)16)8-2-4-10-9(6-8)3-5-11(14)13-10/h2,4,6-7H,3,5H2,1H3,(H,13,14)(H,15,16). The molecule has 1 atom stereocenters. The molecule has 0 saturated heterocycles. The first-order valence-corrected chi connectivity index (χ1v) is 5.23. The highest BCUT2D eigenvalue weighted by atomic mass is 16.4. The zero-order valence-corrected chi connectivity index (χ0v) is 8.99. The smallest absolute Gasteiger partial charge is 0.310 e. The Balaban J connectivity index is 2.33. The first-order valence-electron chi connectivity index (χ1n) is 5.23. The molecule has 0 aliphatic carbocycles. The van der Waals surface area contributed by atoms with E-state index in [9.17, 15) is 9.59 Å². The summed E-state index contributed by atoms with van der Waals surface area (Å²) in [6.45, 7) is 1.66. The number of nitrogens with one attached hydrogen (secondary N) is 1. The second kappa shape index (κ2) is 3.96. The van der Waals surface area contributed by atoms with Crippen LogP contribution in [0.5, 0.6) is 0 Å². The van der Waals surface area contributed by atoms with Crippen LogP contribution in [0.4, 0.5) is 5.69 Å². The van der Waals surface area contributed by atoms with Crippen molar-refractivity contribution in [1.82, 2.24) is 0 Å². The summed E-state index contributed by atoms with van der Waals surface area (Å²) in [6.07, 6.45) is 1.15. The number of aryl methyl sites for hydroxylation is 1. The number of carbonyl (C=O) groups is 2. The molecule has 1 aromatic rings. The van der Waals surface area contributed by atoms with Gasteiger partial charge in [0.05, 0.1) is 5.92 Å². The first-order chi connectivity index (χ1) is 7.58. The maximum absolute atomic E-state index is 11.1. The van der Waals surface area contributed by atoms with Crippen molar-refractivity contribution in [3.8, 4) is 0 Å². The highest BCUT2D eigenvalue weighted by Gasteiger charge is 2.18. The molecule has 84 valence electrons. The number of aliphatic carboxylic acids is 1. The summed E-state index contributed by atoms with van der Waals surface area (Å²) in [5.41, 5.74) is 2.60. The minimum Gasteiger partial charge on any atom is -0.481 e. The van der Waals surface area contributed by atoms with Gasteiger partial charge >= 0.3 is 5.97 Å². The molecule has 16 heavy (non-hydrogen) atoms. The van der Waals surface area contributed by atoms with Crippen molar-refractivity contribution in [2.45, 2.75) is 25.7 Å². The van der Waals surface area contributed by atoms with E-state index in [4.69, 9.17) is 5.11 Å². The van der Waals surface area contributed by atoms with Crippen LogP contribution in [0.3, 0.4) is 0 Å². The summed E-state index contributed by atoms with van der Waals surface area (Å²) < 4.78 is 0. The summed E-state index contributed by atoms with van der Waals surface area (Å²) in [5, 5.41) is 11.7. The number of hydrogen-bond donors (Lipinski definition) is 2. The topological polar surface area (TPSA) is 66.4 Å². The van der Waals surface area contributed by atoms with Crippen molar-refractivity contribution in [3.05, 3.63) is 29.3 Å². The fourth-order valence-electron chi connectivity index (χ4n) is 1.82. The van der Waals surface area contributed by atoms with E-state index < -0.39 is 11.9 Å². The number of rotatable bonds is 2. The average Bonchev–Trinajstić information content (AvgIpc) is 2.27. The van der Waals surface area contributed by atoms with Gasteiger partial charge < -0.3 is 10.4 Å². The van der Waals surface area contributed by atoms with Crippen LogP contribution in [0.15, 0.2) is 18.2 Å². The van der Waals surface area contributed by atoms with Gasteiger partial charge in [-0.2, -0.15) is 0 Å². The van der Waals surface area contributed by atoms with E-state index in [0.29, 0.717) is 12.8 Å². The molecular formula is C12H13NO3. The van der Waals surface area contributed by atoms with Crippen LogP contribution >= 0.6 is 0 Å². The van der Waals surface area contributed by atoms with Crippen LogP contribution in [0.2, 0.25) is 0 Å². The van der Waals surface area contributed by atoms with E-state index in [0.717, 1.165) is 16.8 Å². The van der Waals surface area contributed by atoms with Crippen LogP contribution in [0.25, 0.3) is 0 Å². The molecule has 0 fully saturated rings. The van der Waals surface area contributed by atoms with Crippen molar-refractivity contribution >= 4 is 17.6 Å². The number of carboxylic acid groups (broad SMARTS) is 1. The second-order valence-corrected chi connectivity index (χ2v) is 4.02. The number of hydrogen-bond acceptors (Lipinski definition) is 2. The van der Waals surface area contributed by atoms with Gasteiger partial charge in [-0.05, 0) is 30.5 Å². The molecule has 1 heterocycles. The molecule has 0 bridgehead atoms. The predicted octanol–water partition coefficient (Wildman–Crippen LogP) is 1.76. The Labute approximate surface area is 93.3 Å². The van der Waals surface area contributed by atoms with Gasteiger partial charge in [0.15, 0.2) is 0 Å². The SMILES string of the molecule is CC(C(=O)O)c1ccc2c(c1)CCC(=O)N2. The Hall–Kier alpha value is -1.84. The van der Waals surface area contributed by atoms with E-state index in [-0.39, 0.29) is 5.91 Å². The first kappa shape index (κ1) is 10.7. The highest BCUT2D eigenvalue weighted by Crippen LogP contribution is 2.26. The molecular weight excluding hydrogens is 206 g/mol. The lowest BCUT2D eigenvalue weighted by Gasteiger charge is -2.18. The van der Waals surface area contributed by atoms with Crippen molar-refractivity contribution in [2.75, 3.05) is 5.32 Å². The Morgan fingerprint density at radius 2 is 2.19 bits per heavy atom. The van der Waals surface area contributed by atoms with Gasteiger partial charge in [0.1, 0.15) is 0 Å². The van der Waals surface area contributed by atoms with Gasteiger partial charge in [-0.3, -0.25) is 9.59 Å². The molecule has 1 aromatic carbocycles. The number of carbonyl (C=O) groups excluding carboxylic acids is 1. The van der Waals surface area contributed by atoms with Gasteiger partial charge in [0.2, 0.25) is 5.91 Å². The molecule has 4 nitrogen and oxygen atoms in total. The molecule has 1 aliphatic heterocycles. The maximum Gasteiger partial charge on any atom is 0.310 e. The zero-order valence-electron chi connectivity index (χ0n) is 8.99. The number of amides is 1. The van der Waals surface area contributed by atoms with E-state index >= 15 is 0 Å². The molecule has 4 heteroatoms. The van der Waals surface area contributed by atoms with Crippen LogP contribution < -0.4 is 5.32 Å². The third kappa shape index (κ3) is 1.91. The molecule has 2 N–H and O–H groups in total. The number of fused-ring (bicyclic) bond motifs is 1. The summed E-state index contributed by atoms with van der Waals surface area (Å²) in [4.78, 5) is 22.0. The van der Waals surface area contributed by atoms with Crippen LogP contribution in [0, 0.1) is 0 Å². The molecule has 0 saturated carbocycles. The molecule has 1 unspecified atom stereocenters. The summed E-state index contributed by atoms with van der Waals surface area (Å²) >= 11 is 0. The van der Waals surface area contributed by atoms with Gasteiger partial charge in [0.25, 0.3) is 0 Å². The zero-order chi connectivity index (χ0) is 11.7. The van der Waals surface area contributed by atoms with Crippen molar-refractivity contribution in [3.63, 3.8) is 0 Å². The van der Waals surface area contributed by atoms with Crippen molar-refractivity contribution in [2.24, 2.45) is 0 Å². The van der Waals surface area contributed by atoms with Gasteiger partial charge in [-0.15, -0.1) is 0 Å². The minimum atomic E-state index is -0.834. The van der Waals surface area contributed by atoms with Crippen LogP contribution in [0.1, 0.15) is 30.4 Å². The summed E-state index contributed by atoms with van der Waals surface area (Å²) in [5.74, 6) is -1.32. The lowest BCUT2D eigenvalue weighted by molar-refractivity contribution is -0.138. The lowest BCUT2D eigenvalue weighted by atomic mass is 9.95. The van der Waals surface area contributed by atoms with Gasteiger partial charge in [-0.25, -0.2) is 0 Å². The molecule has 0 spiro atoms. The van der Waals surface area contributed by atoms with E-state index in [1.807, 2.05) is 6.07 Å². The van der Waals surface area contributed by atoms with Gasteiger partial charge in [-0.1, -0.05) is 12.1 Å². The number of carboxylic acids is 1. The molecule has 1 aliphatic rings. The van der Waals surface area contributed by atoms with Gasteiger partial charge in [0, 0.05) is 12.1 Å². The van der Waals surface area contributed by atoms with E-state index in [1.165, 1.54) is 0 Å². The Morgan fingerprint density at radius 1 is 1.44 bits per heavy atom. The lowest BCUT2D eigenvalue weighted by Crippen LogP contribution is -2.19. The van der Waals surface area contributed by atoms with Crippen molar-refractivity contribution in [1.29, 1.82) is 0 Å². The second-order valence-electron chi connectivity index (χ2n) is 4.02. The predicted molar refractivity (Wildman–Crippen MR) is 59.4 cm³/mol. The fourth-order valence-corrected chi connectivity index (χ4v) is 1.82. The van der Waals surface area contributed by atoms with E-state index in [1.54, 1.807) is 19.1 Å². The third-order valence-corrected chi connectivity index (χ3v) is 2.90. The minimum absolute atomic E-state index is 0.0199. The molecule has 0 aromatic heterocycles. The molecule has 0 radical (unpaired) electrons. The van der Waals surface area contributed by atoms with Crippen LogP contribution in [-0.4, -0.2) is 17.0 Å². The summed E-state index contributed by atoms with van der Waals surface area (Å²) in [6, 6.07) is 5.40. The Morgan fingerprint density at radius 3 is 2.88 bits per heavy atom. The fraction of sp³-hybridized carbons (Fsp3) is 0.333. The number of anilines is 1. The average molecular weight is 219 g/mol. The monoisotopic (exact) mass is 219 g/mol. The summed E-state index contributed by atoms with van der Waals surface area (Å²) in [7, 11) is 0. The largest absolute Gasteiger partial charge is 0.481 e. The normalized spacial score (nSPS) is 16.2. The third-order valence-electron chi connectivity index (χ3n) is 2.90. The van der Waals surface area contributed by atoms with Crippen LogP contribution in [-0.2, 0) is 16.0 Å². The molecule has 2 rings (SSSR count). The quantitative estimate of drug-likeness (QED) is 0.796.